The first kappa shape index (κ1) is 12.6. The van der Waals surface area contributed by atoms with Crippen LogP contribution in [0.5, 0.6) is 0 Å². The Balaban J connectivity index is 2.18. The number of hydrogen-bond donors (Lipinski definition) is 0. The molecule has 0 N–H and O–H groups in total. The molecule has 0 saturated heterocycles. The van der Waals surface area contributed by atoms with Gasteiger partial charge in [0.05, 0.1) is 35.5 Å². The number of furan rings is 1. The van der Waals surface area contributed by atoms with E-state index in [9.17, 15) is 0 Å². The van der Waals surface area contributed by atoms with Gasteiger partial charge in [-0.25, -0.2) is 4.98 Å². The second-order valence-corrected chi connectivity index (χ2v) is 5.53. The number of benzene rings is 1. The molecule has 3 nitrogen and oxygen atoms in total. The highest BCUT2D eigenvalue weighted by Gasteiger charge is 2.15. The van der Waals surface area contributed by atoms with Crippen LogP contribution in [0.15, 0.2) is 41.2 Å². The minimum absolute atomic E-state index is 0.168. The van der Waals surface area contributed by atoms with Gasteiger partial charge in [0, 0.05) is 10.6 Å². The Bertz CT molecular complexity index is 702. The third-order valence-electron chi connectivity index (χ3n) is 3.02. The maximum atomic E-state index is 6.22. The predicted octanol–water partition coefficient (Wildman–Crippen LogP) is 4.63. The summed E-state index contributed by atoms with van der Waals surface area (Å²) in [6.07, 6.45) is 3.38. The van der Waals surface area contributed by atoms with E-state index in [1.54, 1.807) is 12.5 Å². The lowest BCUT2D eigenvalue weighted by Gasteiger charge is -2.09. The number of nitrogens with zero attached hydrogens (tertiary/aromatic N) is 2. The smallest absolute Gasteiger partial charge is 0.128 e. The average Bonchev–Trinajstić information content (AvgIpc) is 2.98. The molecule has 0 aliphatic rings. The maximum absolute atomic E-state index is 6.22. The van der Waals surface area contributed by atoms with Crippen LogP contribution in [0.2, 0.25) is 5.02 Å². The summed E-state index contributed by atoms with van der Waals surface area (Å²) >= 11 is 12.3. The Hall–Kier alpha value is -1.45. The zero-order valence-corrected chi connectivity index (χ0v) is 11.8. The standard InChI is InChI=1S/C14H12Cl2N2O/c1-9(15)14-17-12-3-2-11(16)6-13(12)18(14)7-10-4-5-19-8-10/h2-6,8-9H,7H2,1H3. The molecule has 0 bridgehead atoms. The molecule has 1 unspecified atom stereocenters. The van der Waals surface area contributed by atoms with Crippen molar-refractivity contribution in [1.82, 2.24) is 9.55 Å². The fourth-order valence-corrected chi connectivity index (χ4v) is 2.48. The summed E-state index contributed by atoms with van der Waals surface area (Å²) < 4.78 is 7.18. The number of imidazole rings is 1. The summed E-state index contributed by atoms with van der Waals surface area (Å²) in [5.74, 6) is 0.833. The van der Waals surface area contributed by atoms with Gasteiger partial charge in [-0.15, -0.1) is 11.6 Å². The lowest BCUT2D eigenvalue weighted by molar-refractivity contribution is 0.562. The quantitative estimate of drug-likeness (QED) is 0.659. The van der Waals surface area contributed by atoms with Crippen molar-refractivity contribution in [2.75, 3.05) is 0 Å². The van der Waals surface area contributed by atoms with E-state index in [1.807, 2.05) is 31.2 Å². The second kappa shape index (κ2) is 4.91. The van der Waals surface area contributed by atoms with E-state index in [4.69, 9.17) is 27.6 Å². The molecule has 2 heterocycles. The fourth-order valence-electron chi connectivity index (χ4n) is 2.15. The minimum Gasteiger partial charge on any atom is -0.472 e. The van der Waals surface area contributed by atoms with E-state index in [-0.39, 0.29) is 5.38 Å². The van der Waals surface area contributed by atoms with Crippen molar-refractivity contribution in [3.05, 3.63) is 53.2 Å². The summed E-state index contributed by atoms with van der Waals surface area (Å²) in [4.78, 5) is 4.58. The van der Waals surface area contributed by atoms with Crippen LogP contribution in [-0.4, -0.2) is 9.55 Å². The summed E-state index contributed by atoms with van der Waals surface area (Å²) in [6, 6.07) is 7.58. The van der Waals surface area contributed by atoms with Crippen molar-refractivity contribution in [3.63, 3.8) is 0 Å². The predicted molar refractivity (Wildman–Crippen MR) is 76.8 cm³/mol. The Morgan fingerprint density at radius 2 is 2.21 bits per heavy atom. The van der Waals surface area contributed by atoms with Crippen LogP contribution in [-0.2, 0) is 6.54 Å². The van der Waals surface area contributed by atoms with Crippen molar-refractivity contribution in [3.8, 4) is 0 Å². The molecule has 1 atom stereocenters. The summed E-state index contributed by atoms with van der Waals surface area (Å²) in [6.45, 7) is 2.58. The summed E-state index contributed by atoms with van der Waals surface area (Å²) in [5, 5.41) is 0.521. The monoisotopic (exact) mass is 294 g/mol. The summed E-state index contributed by atoms with van der Waals surface area (Å²) in [5.41, 5.74) is 2.95. The van der Waals surface area contributed by atoms with Crippen LogP contribution in [0, 0.1) is 0 Å². The van der Waals surface area contributed by atoms with Crippen LogP contribution in [0.1, 0.15) is 23.7 Å². The SMILES string of the molecule is CC(Cl)c1nc2ccc(Cl)cc2n1Cc1ccoc1. The molecule has 1 aromatic carbocycles. The van der Waals surface area contributed by atoms with Gasteiger partial charge in [0.25, 0.3) is 0 Å². The van der Waals surface area contributed by atoms with Gasteiger partial charge in [-0.1, -0.05) is 11.6 Å². The van der Waals surface area contributed by atoms with Crippen LogP contribution in [0.4, 0.5) is 0 Å². The number of halogens is 2. The molecule has 0 spiro atoms. The Morgan fingerprint density at radius 1 is 1.37 bits per heavy atom. The summed E-state index contributed by atoms with van der Waals surface area (Å²) in [7, 11) is 0. The van der Waals surface area contributed by atoms with Crippen molar-refractivity contribution in [1.29, 1.82) is 0 Å². The van der Waals surface area contributed by atoms with Crippen LogP contribution < -0.4 is 0 Å². The first-order chi connectivity index (χ1) is 9.15. The van der Waals surface area contributed by atoms with E-state index in [0.29, 0.717) is 11.6 Å². The van der Waals surface area contributed by atoms with Crippen molar-refractivity contribution >= 4 is 34.2 Å². The molecule has 3 rings (SSSR count). The van der Waals surface area contributed by atoms with Gasteiger partial charge in [-0.2, -0.15) is 0 Å². The molecule has 0 aliphatic heterocycles. The first-order valence-electron chi connectivity index (χ1n) is 5.96. The number of fused-ring (bicyclic) bond motifs is 1. The Morgan fingerprint density at radius 3 is 2.89 bits per heavy atom. The highest BCUT2D eigenvalue weighted by molar-refractivity contribution is 6.31. The van der Waals surface area contributed by atoms with Gasteiger partial charge in [0.2, 0.25) is 0 Å². The normalized spacial score (nSPS) is 13.0. The fraction of sp³-hybridized carbons (Fsp3) is 0.214. The number of alkyl halides is 1. The molecule has 5 heteroatoms. The van der Waals surface area contributed by atoms with Gasteiger partial charge in [-0.3, -0.25) is 0 Å². The lowest BCUT2D eigenvalue weighted by atomic mass is 10.3. The van der Waals surface area contributed by atoms with E-state index in [2.05, 4.69) is 9.55 Å². The molecule has 2 aromatic heterocycles. The Labute approximate surface area is 120 Å². The molecule has 3 aromatic rings. The van der Waals surface area contributed by atoms with Crippen molar-refractivity contribution < 1.29 is 4.42 Å². The highest BCUT2D eigenvalue weighted by atomic mass is 35.5. The van der Waals surface area contributed by atoms with Crippen LogP contribution in [0.3, 0.4) is 0 Å². The zero-order chi connectivity index (χ0) is 13.4. The molecular weight excluding hydrogens is 283 g/mol. The van der Waals surface area contributed by atoms with Gasteiger partial charge in [-0.05, 0) is 31.2 Å². The van der Waals surface area contributed by atoms with Gasteiger partial charge in [0.1, 0.15) is 5.82 Å². The van der Waals surface area contributed by atoms with E-state index in [0.717, 1.165) is 22.4 Å². The van der Waals surface area contributed by atoms with E-state index >= 15 is 0 Å². The minimum atomic E-state index is -0.168. The molecule has 98 valence electrons. The Kier molecular flexibility index (Phi) is 3.25. The van der Waals surface area contributed by atoms with Crippen LogP contribution >= 0.6 is 23.2 Å². The molecule has 0 saturated carbocycles. The van der Waals surface area contributed by atoms with Gasteiger partial charge < -0.3 is 8.98 Å². The number of rotatable bonds is 3. The third kappa shape index (κ3) is 2.36. The van der Waals surface area contributed by atoms with Crippen molar-refractivity contribution in [2.24, 2.45) is 0 Å². The number of hydrogen-bond acceptors (Lipinski definition) is 2. The molecule has 0 radical (unpaired) electrons. The van der Waals surface area contributed by atoms with Gasteiger partial charge >= 0.3 is 0 Å². The lowest BCUT2D eigenvalue weighted by Crippen LogP contribution is -2.05. The highest BCUT2D eigenvalue weighted by Crippen LogP contribution is 2.27. The second-order valence-electron chi connectivity index (χ2n) is 4.44. The van der Waals surface area contributed by atoms with Crippen molar-refractivity contribution in [2.45, 2.75) is 18.8 Å². The topological polar surface area (TPSA) is 31.0 Å². The zero-order valence-electron chi connectivity index (χ0n) is 10.3. The van der Waals surface area contributed by atoms with E-state index in [1.165, 1.54) is 0 Å². The number of aromatic nitrogens is 2. The van der Waals surface area contributed by atoms with E-state index < -0.39 is 0 Å². The molecule has 0 fully saturated rings. The molecule has 19 heavy (non-hydrogen) atoms. The molecule has 0 aliphatic carbocycles. The first-order valence-corrected chi connectivity index (χ1v) is 6.77. The largest absolute Gasteiger partial charge is 0.472 e. The van der Waals surface area contributed by atoms with Crippen LogP contribution in [0.25, 0.3) is 11.0 Å². The third-order valence-corrected chi connectivity index (χ3v) is 3.45. The maximum Gasteiger partial charge on any atom is 0.128 e. The molecule has 0 amide bonds. The molecular formula is C14H12Cl2N2O. The average molecular weight is 295 g/mol. The van der Waals surface area contributed by atoms with Gasteiger partial charge in [0.15, 0.2) is 0 Å².